The van der Waals surface area contributed by atoms with Gasteiger partial charge in [0.25, 0.3) is 5.91 Å². The summed E-state index contributed by atoms with van der Waals surface area (Å²) in [5.41, 5.74) is 4.14. The number of nitrogens with one attached hydrogen (secondary N) is 1. The highest BCUT2D eigenvalue weighted by Gasteiger charge is 2.56. The van der Waals surface area contributed by atoms with Gasteiger partial charge >= 0.3 is 0 Å². The molecule has 2 heterocycles. The molecule has 0 bridgehead atoms. The number of rotatable bonds is 6. The Balaban J connectivity index is 1.21. The summed E-state index contributed by atoms with van der Waals surface area (Å²) in [6, 6.07) is 26.7. The number of amides is 3. The molecule has 3 aromatic carbocycles. The standard InChI is InChI=1S/C29H29N3O4/c33-26(19-21-11-13-22(14-12-21)27(34)30-36)31-17-15-25(16-18-31)32-20-29(28(32)35,23-7-3-1-4-8-23)24-9-5-2-6-10-24/h1-14,25,36H,15-20H2,(H,30,34). The van der Waals surface area contributed by atoms with Crippen molar-refractivity contribution in [2.45, 2.75) is 30.7 Å². The third-order valence-electron chi connectivity index (χ3n) is 7.50. The maximum absolute atomic E-state index is 13.7. The summed E-state index contributed by atoms with van der Waals surface area (Å²) >= 11 is 0. The first-order chi connectivity index (χ1) is 17.5. The van der Waals surface area contributed by atoms with Gasteiger partial charge in [-0.05, 0) is 41.7 Å². The number of piperidine rings is 1. The molecule has 3 amide bonds. The smallest absolute Gasteiger partial charge is 0.274 e. The number of carbonyl (C=O) groups is 3. The Morgan fingerprint density at radius 1 is 0.861 bits per heavy atom. The lowest BCUT2D eigenvalue weighted by Gasteiger charge is -2.54. The molecule has 3 aromatic rings. The molecule has 2 aliphatic rings. The molecule has 36 heavy (non-hydrogen) atoms. The minimum Gasteiger partial charge on any atom is -0.342 e. The maximum atomic E-state index is 13.7. The van der Waals surface area contributed by atoms with Gasteiger partial charge in [0.15, 0.2) is 0 Å². The molecule has 0 saturated carbocycles. The zero-order chi connectivity index (χ0) is 25.1. The number of hydroxylamine groups is 1. The molecule has 0 spiro atoms. The van der Waals surface area contributed by atoms with Gasteiger partial charge in [0.05, 0.1) is 6.42 Å². The summed E-state index contributed by atoms with van der Waals surface area (Å²) in [4.78, 5) is 41.9. The number of hydrogen-bond donors (Lipinski definition) is 2. The van der Waals surface area contributed by atoms with E-state index in [1.165, 1.54) is 0 Å². The van der Waals surface area contributed by atoms with Crippen LogP contribution < -0.4 is 5.48 Å². The van der Waals surface area contributed by atoms with Crippen LogP contribution in [0.25, 0.3) is 0 Å². The van der Waals surface area contributed by atoms with Gasteiger partial charge in [-0.1, -0.05) is 72.8 Å². The molecule has 0 atom stereocenters. The Kier molecular flexibility index (Phi) is 6.57. The zero-order valence-electron chi connectivity index (χ0n) is 20.0. The SMILES string of the molecule is O=C(NO)c1ccc(CC(=O)N2CCC(N3CC(c4ccccc4)(c4ccccc4)C3=O)CC2)cc1. The van der Waals surface area contributed by atoms with Gasteiger partial charge in [0.1, 0.15) is 5.41 Å². The van der Waals surface area contributed by atoms with Crippen LogP contribution in [-0.2, 0) is 21.4 Å². The van der Waals surface area contributed by atoms with Gasteiger partial charge in [-0.2, -0.15) is 0 Å². The predicted molar refractivity (Wildman–Crippen MR) is 134 cm³/mol. The molecule has 0 unspecified atom stereocenters. The van der Waals surface area contributed by atoms with E-state index < -0.39 is 11.3 Å². The molecular formula is C29H29N3O4. The second kappa shape index (κ2) is 9.95. The van der Waals surface area contributed by atoms with Crippen molar-refractivity contribution in [3.05, 3.63) is 107 Å². The van der Waals surface area contributed by atoms with Gasteiger partial charge in [-0.25, -0.2) is 5.48 Å². The van der Waals surface area contributed by atoms with E-state index in [1.807, 2.05) is 70.5 Å². The lowest BCUT2D eigenvalue weighted by atomic mass is 9.67. The molecule has 2 fully saturated rings. The zero-order valence-corrected chi connectivity index (χ0v) is 20.0. The third kappa shape index (κ3) is 4.27. The van der Waals surface area contributed by atoms with E-state index >= 15 is 0 Å². The van der Waals surface area contributed by atoms with E-state index in [9.17, 15) is 14.4 Å². The van der Waals surface area contributed by atoms with Crippen molar-refractivity contribution in [3.8, 4) is 0 Å². The Labute approximate surface area is 210 Å². The van der Waals surface area contributed by atoms with E-state index in [1.54, 1.807) is 29.7 Å². The molecule has 184 valence electrons. The highest BCUT2D eigenvalue weighted by atomic mass is 16.5. The first kappa shape index (κ1) is 23.8. The molecular weight excluding hydrogens is 454 g/mol. The molecule has 2 N–H and O–H groups in total. The van der Waals surface area contributed by atoms with Crippen LogP contribution in [0.4, 0.5) is 0 Å². The van der Waals surface area contributed by atoms with Crippen LogP contribution in [0.15, 0.2) is 84.9 Å². The van der Waals surface area contributed by atoms with Crippen LogP contribution >= 0.6 is 0 Å². The highest BCUT2D eigenvalue weighted by molar-refractivity contribution is 5.98. The number of β-lactam (4-membered cyclic amide) rings is 1. The molecule has 2 saturated heterocycles. The van der Waals surface area contributed by atoms with Gasteiger partial charge in [-0.15, -0.1) is 0 Å². The van der Waals surface area contributed by atoms with E-state index in [0.29, 0.717) is 25.2 Å². The number of nitrogens with zero attached hydrogens (tertiary/aromatic N) is 2. The summed E-state index contributed by atoms with van der Waals surface area (Å²) in [5, 5.41) is 8.73. The monoisotopic (exact) mass is 483 g/mol. The molecule has 7 heteroatoms. The van der Waals surface area contributed by atoms with E-state index in [-0.39, 0.29) is 24.3 Å². The van der Waals surface area contributed by atoms with Crippen LogP contribution in [0.1, 0.15) is 39.9 Å². The quantitative estimate of drug-likeness (QED) is 0.320. The topological polar surface area (TPSA) is 89.9 Å². The summed E-state index contributed by atoms with van der Waals surface area (Å²) in [7, 11) is 0. The van der Waals surface area contributed by atoms with E-state index in [4.69, 9.17) is 5.21 Å². The summed E-state index contributed by atoms with van der Waals surface area (Å²) < 4.78 is 0. The Morgan fingerprint density at radius 2 is 1.42 bits per heavy atom. The van der Waals surface area contributed by atoms with Gasteiger partial charge in [0.2, 0.25) is 11.8 Å². The largest absolute Gasteiger partial charge is 0.342 e. The molecule has 0 radical (unpaired) electrons. The minimum atomic E-state index is -0.644. The van der Waals surface area contributed by atoms with Gasteiger partial charge in [-0.3, -0.25) is 19.6 Å². The van der Waals surface area contributed by atoms with Crippen LogP contribution in [0.2, 0.25) is 0 Å². The lowest BCUT2D eigenvalue weighted by Crippen LogP contribution is -2.68. The van der Waals surface area contributed by atoms with Crippen LogP contribution in [0.5, 0.6) is 0 Å². The van der Waals surface area contributed by atoms with Crippen LogP contribution in [0.3, 0.4) is 0 Å². The third-order valence-corrected chi connectivity index (χ3v) is 7.50. The van der Waals surface area contributed by atoms with Crippen molar-refractivity contribution >= 4 is 17.7 Å². The second-order valence-electron chi connectivity index (χ2n) is 9.50. The normalized spacial score (nSPS) is 17.4. The summed E-state index contributed by atoms with van der Waals surface area (Å²) in [5.74, 6) is -0.415. The number of carbonyl (C=O) groups excluding carboxylic acids is 3. The second-order valence-corrected chi connectivity index (χ2v) is 9.50. The van der Waals surface area contributed by atoms with E-state index in [2.05, 4.69) is 0 Å². The number of likely N-dealkylation sites (tertiary alicyclic amines) is 2. The number of hydrogen-bond acceptors (Lipinski definition) is 4. The fourth-order valence-electron chi connectivity index (χ4n) is 5.44. The molecule has 0 aliphatic carbocycles. The van der Waals surface area contributed by atoms with Crippen LogP contribution in [-0.4, -0.2) is 58.4 Å². The summed E-state index contributed by atoms with van der Waals surface area (Å²) in [6.45, 7) is 1.87. The van der Waals surface area contributed by atoms with Gasteiger partial charge in [0, 0.05) is 31.2 Å². The van der Waals surface area contributed by atoms with Crippen molar-refractivity contribution in [2.24, 2.45) is 0 Å². The van der Waals surface area contributed by atoms with E-state index in [0.717, 1.165) is 29.5 Å². The maximum Gasteiger partial charge on any atom is 0.274 e. The molecule has 7 nitrogen and oxygen atoms in total. The average molecular weight is 484 g/mol. The minimum absolute atomic E-state index is 0.0330. The summed E-state index contributed by atoms with van der Waals surface area (Å²) in [6.07, 6.45) is 1.76. The van der Waals surface area contributed by atoms with Crippen LogP contribution in [0, 0.1) is 0 Å². The van der Waals surface area contributed by atoms with Crippen molar-refractivity contribution in [1.82, 2.24) is 15.3 Å². The van der Waals surface area contributed by atoms with Crippen molar-refractivity contribution in [1.29, 1.82) is 0 Å². The van der Waals surface area contributed by atoms with Crippen molar-refractivity contribution in [2.75, 3.05) is 19.6 Å². The molecule has 5 rings (SSSR count). The fourth-order valence-corrected chi connectivity index (χ4v) is 5.44. The molecule has 2 aliphatic heterocycles. The Bertz CT molecular complexity index is 1200. The van der Waals surface area contributed by atoms with Gasteiger partial charge < -0.3 is 9.80 Å². The first-order valence-electron chi connectivity index (χ1n) is 12.3. The van der Waals surface area contributed by atoms with Crippen molar-refractivity contribution in [3.63, 3.8) is 0 Å². The highest BCUT2D eigenvalue weighted by Crippen LogP contribution is 2.44. The van der Waals surface area contributed by atoms with Crippen molar-refractivity contribution < 1.29 is 19.6 Å². The molecule has 0 aromatic heterocycles. The Morgan fingerprint density at radius 3 is 1.92 bits per heavy atom. The fraction of sp³-hybridized carbons (Fsp3) is 0.276. The Hall–Kier alpha value is -3.97. The first-order valence-corrected chi connectivity index (χ1v) is 12.3. The number of benzene rings is 3. The lowest BCUT2D eigenvalue weighted by molar-refractivity contribution is -0.154. The predicted octanol–water partition coefficient (Wildman–Crippen LogP) is 3.17. The average Bonchev–Trinajstić information content (AvgIpc) is 2.94.